The van der Waals surface area contributed by atoms with E-state index in [1.54, 1.807) is 17.4 Å². The summed E-state index contributed by atoms with van der Waals surface area (Å²) in [7, 11) is 0. The molecule has 1 heterocycles. The summed E-state index contributed by atoms with van der Waals surface area (Å²) < 4.78 is 13.5. The minimum absolute atomic E-state index is 0.112. The first-order chi connectivity index (χ1) is 9.02. The number of nitrogens with zero attached hydrogens (tertiary/aromatic N) is 1. The Bertz CT molecular complexity index is 583. The smallest absolute Gasteiger partial charge is 0.123 e. The van der Waals surface area contributed by atoms with Crippen molar-refractivity contribution in [2.45, 2.75) is 26.8 Å². The number of benzene rings is 1. The molecular weight excluding hydrogens is 283 g/mol. The van der Waals surface area contributed by atoms with Crippen LogP contribution >= 0.6 is 22.9 Å². The van der Waals surface area contributed by atoms with Gasteiger partial charge in [-0.05, 0) is 44.2 Å². The van der Waals surface area contributed by atoms with Crippen molar-refractivity contribution >= 4 is 22.9 Å². The molecule has 1 unspecified atom stereocenters. The molecule has 0 saturated carbocycles. The summed E-state index contributed by atoms with van der Waals surface area (Å²) >= 11 is 7.83. The molecule has 2 nitrogen and oxygen atoms in total. The topological polar surface area (TPSA) is 24.9 Å². The van der Waals surface area contributed by atoms with Gasteiger partial charge in [0.25, 0.3) is 0 Å². The Labute approximate surface area is 121 Å². The van der Waals surface area contributed by atoms with Gasteiger partial charge in [-0.2, -0.15) is 0 Å². The van der Waals surface area contributed by atoms with Crippen molar-refractivity contribution in [3.8, 4) is 0 Å². The summed E-state index contributed by atoms with van der Waals surface area (Å²) in [4.78, 5) is 5.52. The monoisotopic (exact) mass is 298 g/mol. The third-order valence-corrected chi connectivity index (χ3v) is 4.36. The van der Waals surface area contributed by atoms with Gasteiger partial charge in [0, 0.05) is 9.90 Å². The Kier molecular flexibility index (Phi) is 4.55. The molecule has 0 aliphatic carbocycles. The molecule has 1 atom stereocenters. The number of thiazole rings is 1. The van der Waals surface area contributed by atoms with Crippen molar-refractivity contribution in [3.63, 3.8) is 0 Å². The van der Waals surface area contributed by atoms with E-state index >= 15 is 0 Å². The lowest BCUT2D eigenvalue weighted by Crippen LogP contribution is -2.22. The highest BCUT2D eigenvalue weighted by Gasteiger charge is 2.21. The fourth-order valence-corrected chi connectivity index (χ4v) is 3.35. The number of rotatable bonds is 4. The zero-order valence-corrected chi connectivity index (χ0v) is 12.7. The number of aryl methyl sites for hydroxylation is 2. The molecule has 0 saturated heterocycles. The average molecular weight is 299 g/mol. The number of nitrogens with one attached hydrogen (secondary N) is 1. The molecule has 5 heteroatoms. The van der Waals surface area contributed by atoms with Crippen molar-refractivity contribution in [2.75, 3.05) is 6.54 Å². The van der Waals surface area contributed by atoms with Crippen LogP contribution in [0.1, 0.15) is 34.1 Å². The first kappa shape index (κ1) is 14.4. The van der Waals surface area contributed by atoms with Gasteiger partial charge in [0.2, 0.25) is 0 Å². The quantitative estimate of drug-likeness (QED) is 0.912. The average Bonchev–Trinajstić information content (AvgIpc) is 2.69. The second kappa shape index (κ2) is 5.99. The van der Waals surface area contributed by atoms with Crippen LogP contribution in [-0.4, -0.2) is 11.5 Å². The van der Waals surface area contributed by atoms with Crippen LogP contribution in [0.25, 0.3) is 0 Å². The zero-order chi connectivity index (χ0) is 14.0. The van der Waals surface area contributed by atoms with E-state index in [1.807, 2.05) is 20.8 Å². The number of hydrogen-bond acceptors (Lipinski definition) is 3. The maximum absolute atomic E-state index is 13.5. The third kappa shape index (κ3) is 3.14. The Balaban J connectivity index is 2.51. The summed E-state index contributed by atoms with van der Waals surface area (Å²) in [5.41, 5.74) is 1.73. The highest BCUT2D eigenvalue weighted by Crippen LogP contribution is 2.33. The lowest BCUT2D eigenvalue weighted by Gasteiger charge is -2.19. The van der Waals surface area contributed by atoms with E-state index in [2.05, 4.69) is 10.3 Å². The van der Waals surface area contributed by atoms with Crippen LogP contribution in [0.3, 0.4) is 0 Å². The molecule has 2 rings (SSSR count). The van der Waals surface area contributed by atoms with Crippen LogP contribution in [0, 0.1) is 19.7 Å². The van der Waals surface area contributed by atoms with Gasteiger partial charge in [-0.3, -0.25) is 0 Å². The molecule has 0 spiro atoms. The molecule has 0 aliphatic heterocycles. The summed E-state index contributed by atoms with van der Waals surface area (Å²) in [6.45, 7) is 6.73. The van der Waals surface area contributed by atoms with Gasteiger partial charge in [0.05, 0.1) is 16.7 Å². The van der Waals surface area contributed by atoms with E-state index in [0.29, 0.717) is 5.02 Å². The molecule has 102 valence electrons. The zero-order valence-electron chi connectivity index (χ0n) is 11.1. The van der Waals surface area contributed by atoms with Gasteiger partial charge >= 0.3 is 0 Å². The number of hydrogen-bond donors (Lipinski definition) is 1. The Morgan fingerprint density at radius 1 is 1.42 bits per heavy atom. The largest absolute Gasteiger partial charge is 0.306 e. The molecule has 1 N–H and O–H groups in total. The third-order valence-electron chi connectivity index (χ3n) is 2.88. The van der Waals surface area contributed by atoms with E-state index in [-0.39, 0.29) is 11.9 Å². The van der Waals surface area contributed by atoms with E-state index in [9.17, 15) is 4.39 Å². The summed E-state index contributed by atoms with van der Waals surface area (Å²) in [6, 6.07) is 4.35. The van der Waals surface area contributed by atoms with Gasteiger partial charge in [0.15, 0.2) is 0 Å². The number of aromatic nitrogens is 1. The standard InChI is InChI=1S/C14H16ClFN2S/c1-4-17-13(14-8(2)18-9(3)19-14)11-7-10(16)5-6-12(11)15/h5-7,13,17H,4H2,1-3H3. The lowest BCUT2D eigenvalue weighted by molar-refractivity contribution is 0.605. The Morgan fingerprint density at radius 2 is 2.16 bits per heavy atom. The van der Waals surface area contributed by atoms with Gasteiger partial charge in [0.1, 0.15) is 5.82 Å². The molecule has 0 fully saturated rings. The second-order valence-electron chi connectivity index (χ2n) is 4.34. The second-order valence-corrected chi connectivity index (χ2v) is 5.98. The fraction of sp³-hybridized carbons (Fsp3) is 0.357. The molecular formula is C14H16ClFN2S. The van der Waals surface area contributed by atoms with Crippen molar-refractivity contribution in [1.29, 1.82) is 0 Å². The van der Waals surface area contributed by atoms with E-state index in [1.165, 1.54) is 12.1 Å². The first-order valence-corrected chi connectivity index (χ1v) is 7.34. The van der Waals surface area contributed by atoms with Crippen LogP contribution < -0.4 is 5.32 Å². The van der Waals surface area contributed by atoms with Crippen LogP contribution in [0.15, 0.2) is 18.2 Å². The SMILES string of the molecule is CCNC(c1cc(F)ccc1Cl)c1sc(C)nc1C. The molecule has 1 aromatic carbocycles. The first-order valence-electron chi connectivity index (χ1n) is 6.15. The van der Waals surface area contributed by atoms with Crippen LogP contribution in [0.2, 0.25) is 5.02 Å². The normalized spacial score (nSPS) is 12.7. The lowest BCUT2D eigenvalue weighted by atomic mass is 10.0. The van der Waals surface area contributed by atoms with Crippen LogP contribution in [0.5, 0.6) is 0 Å². The van der Waals surface area contributed by atoms with Crippen molar-refractivity contribution in [2.24, 2.45) is 0 Å². The summed E-state index contributed by atoms with van der Waals surface area (Å²) in [6.07, 6.45) is 0. The fourth-order valence-electron chi connectivity index (χ4n) is 2.10. The molecule has 0 aliphatic rings. The van der Waals surface area contributed by atoms with Gasteiger partial charge in [-0.1, -0.05) is 18.5 Å². The van der Waals surface area contributed by atoms with Crippen LogP contribution in [0.4, 0.5) is 4.39 Å². The minimum Gasteiger partial charge on any atom is -0.306 e. The van der Waals surface area contributed by atoms with Crippen molar-refractivity contribution < 1.29 is 4.39 Å². The van der Waals surface area contributed by atoms with E-state index in [0.717, 1.165) is 27.7 Å². The minimum atomic E-state index is -0.277. The molecule has 0 radical (unpaired) electrons. The van der Waals surface area contributed by atoms with Gasteiger partial charge < -0.3 is 5.32 Å². The molecule has 0 amide bonds. The van der Waals surface area contributed by atoms with Crippen molar-refractivity contribution in [1.82, 2.24) is 10.3 Å². The predicted octanol–water partition coefficient (Wildman–Crippen LogP) is 4.25. The molecule has 2 aromatic rings. The number of halogens is 2. The Morgan fingerprint density at radius 3 is 2.74 bits per heavy atom. The van der Waals surface area contributed by atoms with Crippen molar-refractivity contribution in [3.05, 3.63) is 50.2 Å². The maximum atomic E-state index is 13.5. The predicted molar refractivity (Wildman–Crippen MR) is 78.5 cm³/mol. The van der Waals surface area contributed by atoms with Gasteiger partial charge in [-0.25, -0.2) is 9.37 Å². The molecule has 0 bridgehead atoms. The van der Waals surface area contributed by atoms with E-state index < -0.39 is 0 Å². The summed E-state index contributed by atoms with van der Waals surface area (Å²) in [5, 5.41) is 4.93. The maximum Gasteiger partial charge on any atom is 0.123 e. The van der Waals surface area contributed by atoms with Gasteiger partial charge in [-0.15, -0.1) is 11.3 Å². The molecule has 19 heavy (non-hydrogen) atoms. The van der Waals surface area contributed by atoms with E-state index in [4.69, 9.17) is 11.6 Å². The highest BCUT2D eigenvalue weighted by atomic mass is 35.5. The Hall–Kier alpha value is -0.970. The van der Waals surface area contributed by atoms with Crippen LogP contribution in [-0.2, 0) is 0 Å². The summed E-state index contributed by atoms with van der Waals surface area (Å²) in [5.74, 6) is -0.277. The highest BCUT2D eigenvalue weighted by molar-refractivity contribution is 7.11. The molecule has 1 aromatic heterocycles.